The zero-order chi connectivity index (χ0) is 16.6. The lowest BCUT2D eigenvalue weighted by Gasteiger charge is -2.18. The van der Waals surface area contributed by atoms with E-state index in [0.29, 0.717) is 11.6 Å². The number of hydrogen-bond donors (Lipinski definition) is 0. The van der Waals surface area contributed by atoms with Crippen molar-refractivity contribution >= 4 is 27.0 Å². The summed E-state index contributed by atoms with van der Waals surface area (Å²) in [5.41, 5.74) is 2.89. The number of halogens is 1. The molecule has 0 saturated carbocycles. The molecule has 2 heterocycles. The molecule has 1 aromatic carbocycles. The summed E-state index contributed by atoms with van der Waals surface area (Å²) < 4.78 is 8.64. The second-order valence-corrected chi connectivity index (χ2v) is 7.57. The summed E-state index contributed by atoms with van der Waals surface area (Å²) in [4.78, 5) is 4.26. The SMILES string of the molecule is Cc1cccnc1Oc1ccc2c(nnn2CC(C)(C)C)c1Br. The molecule has 120 valence electrons. The number of fused-ring (bicyclic) bond motifs is 1. The Morgan fingerprint density at radius 3 is 2.70 bits per heavy atom. The highest BCUT2D eigenvalue weighted by Crippen LogP contribution is 2.35. The maximum atomic E-state index is 5.92. The third kappa shape index (κ3) is 3.37. The van der Waals surface area contributed by atoms with E-state index in [-0.39, 0.29) is 5.41 Å². The van der Waals surface area contributed by atoms with E-state index in [4.69, 9.17) is 4.74 Å². The maximum absolute atomic E-state index is 5.92. The minimum Gasteiger partial charge on any atom is -0.437 e. The Labute approximate surface area is 143 Å². The largest absolute Gasteiger partial charge is 0.437 e. The van der Waals surface area contributed by atoms with E-state index in [2.05, 4.69) is 52.0 Å². The Kier molecular flexibility index (Phi) is 4.10. The van der Waals surface area contributed by atoms with Crippen molar-refractivity contribution in [2.45, 2.75) is 34.2 Å². The van der Waals surface area contributed by atoms with Crippen LogP contribution in [-0.2, 0) is 6.54 Å². The third-order valence-corrected chi connectivity index (χ3v) is 4.15. The Hall–Kier alpha value is -1.95. The first-order valence-corrected chi connectivity index (χ1v) is 8.26. The minimum absolute atomic E-state index is 0.132. The Bertz CT molecular complexity index is 851. The molecule has 3 aromatic rings. The van der Waals surface area contributed by atoms with Gasteiger partial charge in [0.2, 0.25) is 5.88 Å². The standard InChI is InChI=1S/C17H19BrN4O/c1-11-6-5-9-19-16(11)23-13-8-7-12-15(14(13)18)20-21-22(12)10-17(2,3)4/h5-9H,10H2,1-4H3. The van der Waals surface area contributed by atoms with E-state index in [1.54, 1.807) is 6.20 Å². The predicted molar refractivity (Wildman–Crippen MR) is 93.7 cm³/mol. The van der Waals surface area contributed by atoms with Crippen molar-refractivity contribution in [3.05, 3.63) is 40.5 Å². The van der Waals surface area contributed by atoms with Crippen LogP contribution in [-0.4, -0.2) is 20.0 Å². The van der Waals surface area contributed by atoms with Crippen molar-refractivity contribution in [2.24, 2.45) is 5.41 Å². The summed E-state index contributed by atoms with van der Waals surface area (Å²) in [5.74, 6) is 1.27. The van der Waals surface area contributed by atoms with Crippen LogP contribution in [0, 0.1) is 12.3 Å². The molecule has 0 spiro atoms. The normalized spacial score (nSPS) is 11.9. The second-order valence-electron chi connectivity index (χ2n) is 6.78. The van der Waals surface area contributed by atoms with E-state index in [1.807, 2.05) is 35.9 Å². The Balaban J connectivity index is 1.99. The summed E-state index contributed by atoms with van der Waals surface area (Å²) in [7, 11) is 0. The first-order valence-electron chi connectivity index (χ1n) is 7.46. The van der Waals surface area contributed by atoms with Gasteiger partial charge in [-0.15, -0.1) is 5.10 Å². The average molecular weight is 375 g/mol. The molecular weight excluding hydrogens is 356 g/mol. The summed E-state index contributed by atoms with van der Waals surface area (Å²) in [5, 5.41) is 8.57. The van der Waals surface area contributed by atoms with Crippen LogP contribution in [0.15, 0.2) is 34.9 Å². The Morgan fingerprint density at radius 2 is 2.00 bits per heavy atom. The Morgan fingerprint density at radius 1 is 1.22 bits per heavy atom. The lowest BCUT2D eigenvalue weighted by molar-refractivity contribution is 0.327. The topological polar surface area (TPSA) is 52.8 Å². The zero-order valence-corrected chi connectivity index (χ0v) is 15.3. The van der Waals surface area contributed by atoms with Gasteiger partial charge in [-0.25, -0.2) is 9.67 Å². The highest BCUT2D eigenvalue weighted by atomic mass is 79.9. The van der Waals surface area contributed by atoms with E-state index in [1.165, 1.54) is 0 Å². The lowest BCUT2D eigenvalue weighted by Crippen LogP contribution is -2.16. The molecule has 23 heavy (non-hydrogen) atoms. The number of benzene rings is 1. The van der Waals surface area contributed by atoms with Gasteiger partial charge in [-0.2, -0.15) is 0 Å². The summed E-state index contributed by atoms with van der Waals surface area (Å²) in [6.07, 6.45) is 1.72. The van der Waals surface area contributed by atoms with Crippen LogP contribution in [0.1, 0.15) is 26.3 Å². The van der Waals surface area contributed by atoms with Gasteiger partial charge in [0.15, 0.2) is 0 Å². The van der Waals surface area contributed by atoms with Gasteiger partial charge in [-0.3, -0.25) is 0 Å². The van der Waals surface area contributed by atoms with Crippen molar-refractivity contribution in [3.63, 3.8) is 0 Å². The monoisotopic (exact) mass is 374 g/mol. The van der Waals surface area contributed by atoms with Crippen molar-refractivity contribution < 1.29 is 4.74 Å². The van der Waals surface area contributed by atoms with Gasteiger partial charge in [-0.05, 0) is 46.5 Å². The van der Waals surface area contributed by atoms with Gasteiger partial charge in [-0.1, -0.05) is 32.1 Å². The van der Waals surface area contributed by atoms with Crippen molar-refractivity contribution in [2.75, 3.05) is 0 Å². The molecule has 0 aliphatic heterocycles. The molecule has 3 rings (SSSR count). The molecule has 0 saturated heterocycles. The molecule has 0 aliphatic rings. The molecule has 5 nitrogen and oxygen atoms in total. The van der Waals surface area contributed by atoms with Gasteiger partial charge >= 0.3 is 0 Å². The van der Waals surface area contributed by atoms with Gasteiger partial charge < -0.3 is 4.74 Å². The van der Waals surface area contributed by atoms with Gasteiger partial charge in [0.1, 0.15) is 11.3 Å². The molecule has 0 bridgehead atoms. The van der Waals surface area contributed by atoms with Crippen LogP contribution in [0.2, 0.25) is 0 Å². The van der Waals surface area contributed by atoms with Gasteiger partial charge in [0.25, 0.3) is 0 Å². The van der Waals surface area contributed by atoms with Crippen molar-refractivity contribution in [1.29, 1.82) is 0 Å². The minimum atomic E-state index is 0.132. The van der Waals surface area contributed by atoms with Crippen LogP contribution in [0.5, 0.6) is 11.6 Å². The molecule has 0 atom stereocenters. The fourth-order valence-electron chi connectivity index (χ4n) is 2.31. The number of aromatic nitrogens is 4. The fourth-order valence-corrected chi connectivity index (χ4v) is 2.81. The first-order chi connectivity index (χ1) is 10.8. The smallest absolute Gasteiger partial charge is 0.222 e. The number of hydrogen-bond acceptors (Lipinski definition) is 4. The third-order valence-electron chi connectivity index (χ3n) is 3.38. The van der Waals surface area contributed by atoms with Crippen molar-refractivity contribution in [3.8, 4) is 11.6 Å². The molecule has 0 aliphatic carbocycles. The number of nitrogens with zero attached hydrogens (tertiary/aromatic N) is 4. The molecular formula is C17H19BrN4O. The fraction of sp³-hybridized carbons (Fsp3) is 0.353. The maximum Gasteiger partial charge on any atom is 0.222 e. The second kappa shape index (κ2) is 5.92. The van der Waals surface area contributed by atoms with Crippen LogP contribution in [0.4, 0.5) is 0 Å². The van der Waals surface area contributed by atoms with Crippen LogP contribution >= 0.6 is 15.9 Å². The molecule has 0 fully saturated rings. The van der Waals surface area contributed by atoms with E-state index < -0.39 is 0 Å². The number of pyridine rings is 1. The van der Waals surface area contributed by atoms with Crippen LogP contribution < -0.4 is 4.74 Å². The zero-order valence-electron chi connectivity index (χ0n) is 13.7. The quantitative estimate of drug-likeness (QED) is 0.664. The number of aryl methyl sites for hydroxylation is 1. The van der Waals surface area contributed by atoms with E-state index in [0.717, 1.165) is 27.6 Å². The van der Waals surface area contributed by atoms with E-state index in [9.17, 15) is 0 Å². The molecule has 0 N–H and O–H groups in total. The summed E-state index contributed by atoms with van der Waals surface area (Å²) >= 11 is 3.59. The highest BCUT2D eigenvalue weighted by Gasteiger charge is 2.18. The highest BCUT2D eigenvalue weighted by molar-refractivity contribution is 9.10. The number of ether oxygens (including phenoxy) is 1. The molecule has 6 heteroatoms. The summed E-state index contributed by atoms with van der Waals surface area (Å²) in [6.45, 7) is 9.30. The average Bonchev–Trinajstić information content (AvgIpc) is 2.86. The van der Waals surface area contributed by atoms with Crippen LogP contribution in [0.3, 0.4) is 0 Å². The molecule has 2 aromatic heterocycles. The summed E-state index contributed by atoms with van der Waals surface area (Å²) in [6, 6.07) is 7.76. The predicted octanol–water partition coefficient (Wildman–Crippen LogP) is 4.74. The van der Waals surface area contributed by atoms with Gasteiger partial charge in [0.05, 0.1) is 9.99 Å². The van der Waals surface area contributed by atoms with Crippen molar-refractivity contribution in [1.82, 2.24) is 20.0 Å². The number of rotatable bonds is 3. The van der Waals surface area contributed by atoms with E-state index >= 15 is 0 Å². The van der Waals surface area contributed by atoms with Gasteiger partial charge in [0, 0.05) is 18.3 Å². The lowest BCUT2D eigenvalue weighted by atomic mass is 9.97. The molecule has 0 radical (unpaired) electrons. The first kappa shape index (κ1) is 15.9. The molecule has 0 unspecified atom stereocenters. The molecule has 0 amide bonds. The van der Waals surface area contributed by atoms with Crippen LogP contribution in [0.25, 0.3) is 11.0 Å².